The molecule has 1 aliphatic carbocycles. The average Bonchev–Trinajstić information content (AvgIpc) is 3.75. The number of fused-ring (bicyclic) bond motifs is 1. The molecule has 0 radical (unpaired) electrons. The summed E-state index contributed by atoms with van der Waals surface area (Å²) in [5, 5.41) is 18.1. The van der Waals surface area contributed by atoms with Gasteiger partial charge in [-0.15, -0.1) is 0 Å². The van der Waals surface area contributed by atoms with Gasteiger partial charge in [-0.25, -0.2) is 9.18 Å². The fourth-order valence-electron chi connectivity index (χ4n) is 7.60. The number of likely N-dealkylation sites (tertiary alicyclic amines) is 1. The maximum atomic E-state index is 14.2. The van der Waals surface area contributed by atoms with Gasteiger partial charge >= 0.3 is 5.97 Å². The van der Waals surface area contributed by atoms with Crippen molar-refractivity contribution in [1.29, 1.82) is 0 Å². The minimum absolute atomic E-state index is 0.00892. The number of hydrogen-bond acceptors (Lipinski definition) is 8. The van der Waals surface area contributed by atoms with Crippen LogP contribution in [0.4, 0.5) is 4.39 Å². The number of aliphatic carboxylic acids is 1. The van der Waals surface area contributed by atoms with Gasteiger partial charge in [0.15, 0.2) is 0 Å². The lowest BCUT2D eigenvalue weighted by Crippen LogP contribution is -2.56. The predicted octanol–water partition coefficient (Wildman–Crippen LogP) is 2.22. The summed E-state index contributed by atoms with van der Waals surface area (Å²) in [4.78, 5) is 69.2. The van der Waals surface area contributed by atoms with Crippen molar-refractivity contribution in [3.05, 3.63) is 35.6 Å². The normalized spacial score (nSPS) is 22.2. The molecular formula is C37H58FN5O8. The van der Waals surface area contributed by atoms with E-state index in [2.05, 4.69) is 16.0 Å². The Morgan fingerprint density at radius 3 is 2.29 bits per heavy atom. The van der Waals surface area contributed by atoms with Gasteiger partial charge < -0.3 is 40.3 Å². The molecule has 1 heterocycles. The Kier molecular flexibility index (Phi) is 15.4. The number of likely N-dealkylation sites (N-methyl/N-ethyl adjacent to an activating group) is 2. The van der Waals surface area contributed by atoms with Crippen LogP contribution in [0.1, 0.15) is 65.9 Å². The molecule has 1 saturated heterocycles. The van der Waals surface area contributed by atoms with Gasteiger partial charge in [-0.2, -0.15) is 0 Å². The molecule has 2 unspecified atom stereocenters. The second kappa shape index (κ2) is 18.7. The lowest BCUT2D eigenvalue weighted by Gasteiger charge is -2.40. The number of carboxylic acid groups (broad SMARTS) is 1. The van der Waals surface area contributed by atoms with Crippen LogP contribution in [0, 0.1) is 29.5 Å². The van der Waals surface area contributed by atoms with Gasteiger partial charge in [-0.05, 0) is 55.3 Å². The number of ether oxygens (including phenoxy) is 2. The molecule has 4 N–H and O–H groups in total. The molecule has 1 aromatic rings. The molecule has 1 aliphatic heterocycles. The SMILES string of the molecule is CC[C@H](C)[C@@H]([C@@H](CC(=O)N1C2CC2C[C@H]1[C@H](OC)[C@@H](C)C(=O)N[C@@H](Cc1cccc(F)c1)C(=O)O)OC)N(C)C(=O)CNC(=O)[C@@H](NC)C(C)C. The van der Waals surface area contributed by atoms with E-state index in [1.807, 2.05) is 27.7 Å². The summed E-state index contributed by atoms with van der Waals surface area (Å²) in [6.07, 6.45) is 0.679. The van der Waals surface area contributed by atoms with Crippen LogP contribution in [0.25, 0.3) is 0 Å². The first-order chi connectivity index (χ1) is 24.1. The second-order valence-electron chi connectivity index (χ2n) is 14.5. The topological polar surface area (TPSA) is 167 Å². The number of piperidine rings is 1. The number of rotatable bonds is 20. The minimum Gasteiger partial charge on any atom is -0.480 e. The Balaban J connectivity index is 1.74. The van der Waals surface area contributed by atoms with Gasteiger partial charge in [0.25, 0.3) is 0 Å². The molecule has 51 heavy (non-hydrogen) atoms. The number of carbonyl (C=O) groups is 5. The van der Waals surface area contributed by atoms with E-state index in [1.54, 1.807) is 36.9 Å². The van der Waals surface area contributed by atoms with Crippen LogP contribution in [0.3, 0.4) is 0 Å². The lowest BCUT2D eigenvalue weighted by molar-refractivity contribution is -0.148. The van der Waals surface area contributed by atoms with Crippen LogP contribution in [0.5, 0.6) is 0 Å². The lowest BCUT2D eigenvalue weighted by atomic mass is 9.90. The van der Waals surface area contributed by atoms with Crippen molar-refractivity contribution >= 4 is 29.6 Å². The van der Waals surface area contributed by atoms with Crippen molar-refractivity contribution in [2.24, 2.45) is 23.7 Å². The number of benzene rings is 1. The monoisotopic (exact) mass is 719 g/mol. The van der Waals surface area contributed by atoms with Crippen LogP contribution in [-0.4, -0.2) is 122 Å². The highest BCUT2D eigenvalue weighted by molar-refractivity contribution is 5.88. The van der Waals surface area contributed by atoms with Gasteiger partial charge in [-0.1, -0.05) is 53.2 Å². The zero-order chi connectivity index (χ0) is 38.2. The first-order valence-electron chi connectivity index (χ1n) is 17.9. The molecule has 10 atom stereocenters. The van der Waals surface area contributed by atoms with Gasteiger partial charge in [0.2, 0.25) is 23.6 Å². The molecule has 3 rings (SSSR count). The smallest absolute Gasteiger partial charge is 0.326 e. The summed E-state index contributed by atoms with van der Waals surface area (Å²) in [5.41, 5.74) is 0.431. The molecule has 286 valence electrons. The zero-order valence-electron chi connectivity index (χ0n) is 31.5. The van der Waals surface area contributed by atoms with Gasteiger partial charge in [-0.3, -0.25) is 19.2 Å². The van der Waals surface area contributed by atoms with Crippen LogP contribution in [0.15, 0.2) is 24.3 Å². The van der Waals surface area contributed by atoms with Crippen LogP contribution < -0.4 is 16.0 Å². The van der Waals surface area contributed by atoms with Crippen molar-refractivity contribution in [2.75, 3.05) is 34.9 Å². The highest BCUT2D eigenvalue weighted by atomic mass is 19.1. The fraction of sp³-hybridized carbons (Fsp3) is 0.703. The summed E-state index contributed by atoms with van der Waals surface area (Å²) in [7, 11) is 6.35. The van der Waals surface area contributed by atoms with E-state index in [0.717, 1.165) is 6.42 Å². The molecule has 14 heteroatoms. The van der Waals surface area contributed by atoms with E-state index in [4.69, 9.17) is 9.47 Å². The Hall–Kier alpha value is -3.62. The fourth-order valence-corrected chi connectivity index (χ4v) is 7.60. The molecule has 1 saturated carbocycles. The zero-order valence-corrected chi connectivity index (χ0v) is 31.5. The molecule has 0 aromatic heterocycles. The van der Waals surface area contributed by atoms with E-state index < -0.39 is 60.0 Å². The van der Waals surface area contributed by atoms with E-state index in [1.165, 1.54) is 32.4 Å². The second-order valence-corrected chi connectivity index (χ2v) is 14.5. The Bertz CT molecular complexity index is 1380. The van der Waals surface area contributed by atoms with Crippen LogP contribution in [-0.2, 0) is 39.9 Å². The van der Waals surface area contributed by atoms with Crippen molar-refractivity contribution in [3.8, 4) is 0 Å². The molecule has 1 aromatic carbocycles. The van der Waals surface area contributed by atoms with Crippen molar-refractivity contribution < 1.29 is 42.9 Å². The molecule has 0 bridgehead atoms. The Labute approximate surface area is 301 Å². The van der Waals surface area contributed by atoms with E-state index >= 15 is 0 Å². The number of nitrogens with zero attached hydrogens (tertiary/aromatic N) is 2. The quantitative estimate of drug-likeness (QED) is 0.158. The van der Waals surface area contributed by atoms with E-state index in [-0.39, 0.29) is 60.9 Å². The summed E-state index contributed by atoms with van der Waals surface area (Å²) in [5.74, 6) is -3.62. The number of carbonyl (C=O) groups excluding carboxylic acids is 4. The summed E-state index contributed by atoms with van der Waals surface area (Å²) in [6, 6.07) is 2.92. The van der Waals surface area contributed by atoms with Gasteiger partial charge in [0.1, 0.15) is 11.9 Å². The molecule has 2 aliphatic rings. The largest absolute Gasteiger partial charge is 0.480 e. The number of hydrogen-bond donors (Lipinski definition) is 4. The van der Waals surface area contributed by atoms with Crippen molar-refractivity contribution in [3.63, 3.8) is 0 Å². The molecular weight excluding hydrogens is 661 g/mol. The van der Waals surface area contributed by atoms with Gasteiger partial charge in [0.05, 0.1) is 49.2 Å². The summed E-state index contributed by atoms with van der Waals surface area (Å²) in [6.45, 7) is 9.27. The molecule has 13 nitrogen and oxygen atoms in total. The highest BCUT2D eigenvalue weighted by Gasteiger charge is 2.57. The van der Waals surface area contributed by atoms with Crippen LogP contribution in [0.2, 0.25) is 0 Å². The number of halogens is 1. The molecule has 4 amide bonds. The number of nitrogens with one attached hydrogen (secondary N) is 3. The molecule has 0 spiro atoms. The van der Waals surface area contributed by atoms with Crippen molar-refractivity contribution in [1.82, 2.24) is 25.8 Å². The Morgan fingerprint density at radius 2 is 1.75 bits per heavy atom. The molecule has 2 fully saturated rings. The Morgan fingerprint density at radius 1 is 1.06 bits per heavy atom. The maximum absolute atomic E-state index is 14.2. The number of amides is 4. The van der Waals surface area contributed by atoms with E-state index in [0.29, 0.717) is 18.4 Å². The summed E-state index contributed by atoms with van der Waals surface area (Å²) >= 11 is 0. The standard InChI is InChI=1S/C37H58FN5O8/c1-10-21(4)33(42(7)31(45)19-40-36(47)32(39-6)20(2)3)29(50-8)18-30(44)43-27-16-24(27)17-28(43)34(51-9)22(5)35(46)41-26(37(48)49)15-23-12-11-13-25(38)14-23/h11-14,20-22,24,26-29,32-34,39H,10,15-19H2,1-9H3,(H,40,47)(H,41,46)(H,48,49)/t21-,22+,24?,26-,27?,28-,29+,32-,33-,34+/m0/s1. The average molecular weight is 720 g/mol. The summed E-state index contributed by atoms with van der Waals surface area (Å²) < 4.78 is 25.5. The minimum atomic E-state index is -1.29. The van der Waals surface area contributed by atoms with Gasteiger partial charge in [0, 0.05) is 33.7 Å². The first kappa shape index (κ1) is 41.8. The van der Waals surface area contributed by atoms with Crippen LogP contribution >= 0.6 is 0 Å². The number of carboxylic acids is 1. The predicted molar refractivity (Wildman–Crippen MR) is 189 cm³/mol. The first-order valence-corrected chi connectivity index (χ1v) is 17.9. The van der Waals surface area contributed by atoms with E-state index in [9.17, 15) is 33.5 Å². The van der Waals surface area contributed by atoms with Crippen molar-refractivity contribution in [2.45, 2.75) is 109 Å². The highest BCUT2D eigenvalue weighted by Crippen LogP contribution is 2.50. The third kappa shape index (κ3) is 10.5. The third-order valence-corrected chi connectivity index (χ3v) is 10.7. The third-order valence-electron chi connectivity index (χ3n) is 10.7. The number of methoxy groups -OCH3 is 2. The maximum Gasteiger partial charge on any atom is 0.326 e.